The number of nitrogens with zero attached hydrogens (tertiary/aromatic N) is 2. The van der Waals surface area contributed by atoms with Gasteiger partial charge in [0.25, 0.3) is 0 Å². The molecule has 0 saturated carbocycles. The highest BCUT2D eigenvalue weighted by Crippen LogP contribution is 2.20. The van der Waals surface area contributed by atoms with Gasteiger partial charge in [-0.3, -0.25) is 9.69 Å². The smallest absolute Gasteiger partial charge is 0.236 e. The van der Waals surface area contributed by atoms with Crippen LogP contribution in [0.15, 0.2) is 0 Å². The van der Waals surface area contributed by atoms with Crippen molar-refractivity contribution in [2.45, 2.75) is 45.6 Å². The van der Waals surface area contributed by atoms with Crippen molar-refractivity contribution < 1.29 is 4.79 Å². The number of likely N-dealkylation sites (tertiary alicyclic amines) is 2. The molecule has 1 amide bonds. The van der Waals surface area contributed by atoms with Gasteiger partial charge in [-0.05, 0) is 31.1 Å². The van der Waals surface area contributed by atoms with Gasteiger partial charge in [0.2, 0.25) is 5.91 Å². The van der Waals surface area contributed by atoms with Gasteiger partial charge in [-0.15, -0.1) is 0 Å². The molecule has 0 aromatic rings. The first-order chi connectivity index (χ1) is 9.10. The first kappa shape index (κ1) is 14.8. The van der Waals surface area contributed by atoms with E-state index in [1.807, 2.05) is 0 Å². The summed E-state index contributed by atoms with van der Waals surface area (Å²) in [6.45, 7) is 8.94. The fourth-order valence-corrected chi connectivity index (χ4v) is 3.25. The molecule has 2 atom stereocenters. The van der Waals surface area contributed by atoms with E-state index in [2.05, 4.69) is 23.6 Å². The molecule has 2 aliphatic heterocycles. The van der Waals surface area contributed by atoms with Crippen LogP contribution in [0, 0.1) is 11.8 Å². The van der Waals surface area contributed by atoms with E-state index in [1.165, 1.54) is 0 Å². The number of hydrogen-bond acceptors (Lipinski definition) is 3. The maximum atomic E-state index is 12.3. The minimum absolute atomic E-state index is 0.317. The molecule has 0 bridgehead atoms. The van der Waals surface area contributed by atoms with E-state index in [0.717, 1.165) is 57.8 Å². The van der Waals surface area contributed by atoms with Crippen molar-refractivity contribution in [3.63, 3.8) is 0 Å². The largest absolute Gasteiger partial charge is 0.342 e. The molecule has 19 heavy (non-hydrogen) atoms. The van der Waals surface area contributed by atoms with E-state index in [9.17, 15) is 4.79 Å². The van der Waals surface area contributed by atoms with E-state index in [0.29, 0.717) is 24.4 Å². The number of nitrogens with two attached hydrogens (primary N) is 1. The summed E-state index contributed by atoms with van der Waals surface area (Å²) in [5, 5.41) is 0. The predicted octanol–water partition coefficient (Wildman–Crippen LogP) is 1.30. The lowest BCUT2D eigenvalue weighted by atomic mass is 9.90. The van der Waals surface area contributed by atoms with Crippen LogP contribution in [-0.2, 0) is 4.79 Å². The Morgan fingerprint density at radius 1 is 1.21 bits per heavy atom. The van der Waals surface area contributed by atoms with Gasteiger partial charge in [0.15, 0.2) is 0 Å². The monoisotopic (exact) mass is 267 g/mol. The van der Waals surface area contributed by atoms with Crippen molar-refractivity contribution in [2.24, 2.45) is 17.6 Å². The van der Waals surface area contributed by atoms with Crippen molar-refractivity contribution in [2.75, 3.05) is 32.7 Å². The lowest BCUT2D eigenvalue weighted by Gasteiger charge is -2.38. The molecule has 2 N–H and O–H groups in total. The van der Waals surface area contributed by atoms with Gasteiger partial charge in [-0.1, -0.05) is 20.3 Å². The van der Waals surface area contributed by atoms with Crippen LogP contribution in [0.2, 0.25) is 0 Å². The second-order valence-corrected chi connectivity index (χ2v) is 6.42. The van der Waals surface area contributed by atoms with E-state index in [-0.39, 0.29) is 0 Å². The zero-order valence-electron chi connectivity index (χ0n) is 12.5. The van der Waals surface area contributed by atoms with Gasteiger partial charge in [0.1, 0.15) is 0 Å². The maximum Gasteiger partial charge on any atom is 0.236 e. The standard InChI is InChI=1S/C15H29N3O/c1-3-13-10-17(7-6-14(13)16)11-15(19)18-8-4-12(2)5-9-18/h12-14H,3-11,16H2,1-2H3. The summed E-state index contributed by atoms with van der Waals surface area (Å²) in [7, 11) is 0. The lowest BCUT2D eigenvalue weighted by molar-refractivity contribution is -0.134. The Morgan fingerprint density at radius 3 is 2.53 bits per heavy atom. The molecule has 0 radical (unpaired) electrons. The van der Waals surface area contributed by atoms with Gasteiger partial charge in [-0.25, -0.2) is 0 Å². The average molecular weight is 267 g/mol. The summed E-state index contributed by atoms with van der Waals surface area (Å²) < 4.78 is 0. The Bertz CT molecular complexity index is 300. The molecule has 4 nitrogen and oxygen atoms in total. The molecular formula is C15H29N3O. The SMILES string of the molecule is CCC1CN(CC(=O)N2CCC(C)CC2)CCC1N. The van der Waals surface area contributed by atoms with Crippen molar-refractivity contribution in [3.05, 3.63) is 0 Å². The zero-order chi connectivity index (χ0) is 13.8. The molecular weight excluding hydrogens is 238 g/mol. The van der Waals surface area contributed by atoms with Gasteiger partial charge in [-0.2, -0.15) is 0 Å². The highest BCUT2D eigenvalue weighted by molar-refractivity contribution is 5.78. The molecule has 0 aromatic heterocycles. The summed E-state index contributed by atoms with van der Waals surface area (Å²) in [5.74, 6) is 1.65. The summed E-state index contributed by atoms with van der Waals surface area (Å²) in [4.78, 5) is 16.7. The fraction of sp³-hybridized carbons (Fsp3) is 0.933. The molecule has 4 heteroatoms. The van der Waals surface area contributed by atoms with Crippen molar-refractivity contribution in [3.8, 4) is 0 Å². The summed E-state index contributed by atoms with van der Waals surface area (Å²) in [6.07, 6.45) is 4.47. The van der Waals surface area contributed by atoms with Crippen LogP contribution in [0.25, 0.3) is 0 Å². The van der Waals surface area contributed by atoms with Crippen LogP contribution in [0.4, 0.5) is 0 Å². The Hall–Kier alpha value is -0.610. The Labute approximate surface area is 117 Å². The highest BCUT2D eigenvalue weighted by Gasteiger charge is 2.28. The second kappa shape index (κ2) is 6.71. The number of piperidine rings is 2. The maximum absolute atomic E-state index is 12.3. The number of carbonyl (C=O) groups excluding carboxylic acids is 1. The summed E-state index contributed by atoms with van der Waals surface area (Å²) >= 11 is 0. The highest BCUT2D eigenvalue weighted by atomic mass is 16.2. The second-order valence-electron chi connectivity index (χ2n) is 6.42. The van der Waals surface area contributed by atoms with E-state index in [4.69, 9.17) is 5.73 Å². The first-order valence-corrected chi connectivity index (χ1v) is 7.85. The minimum atomic E-state index is 0.317. The van der Waals surface area contributed by atoms with Crippen LogP contribution in [0.5, 0.6) is 0 Å². The Balaban J connectivity index is 1.79. The first-order valence-electron chi connectivity index (χ1n) is 7.85. The normalized spacial score (nSPS) is 30.6. The fourth-order valence-electron chi connectivity index (χ4n) is 3.25. The molecule has 0 aromatic carbocycles. The number of carbonyl (C=O) groups is 1. The predicted molar refractivity (Wildman–Crippen MR) is 77.8 cm³/mol. The molecule has 0 aliphatic carbocycles. The van der Waals surface area contributed by atoms with Gasteiger partial charge >= 0.3 is 0 Å². The van der Waals surface area contributed by atoms with Crippen LogP contribution < -0.4 is 5.73 Å². The summed E-state index contributed by atoms with van der Waals surface area (Å²) in [5.41, 5.74) is 6.12. The average Bonchev–Trinajstić information content (AvgIpc) is 2.41. The molecule has 0 spiro atoms. The third kappa shape index (κ3) is 3.93. The van der Waals surface area contributed by atoms with Crippen LogP contribution in [-0.4, -0.2) is 54.5 Å². The minimum Gasteiger partial charge on any atom is -0.342 e. The van der Waals surface area contributed by atoms with Gasteiger partial charge < -0.3 is 10.6 Å². The molecule has 2 fully saturated rings. The van der Waals surface area contributed by atoms with Crippen LogP contribution in [0.3, 0.4) is 0 Å². The Kier molecular flexibility index (Phi) is 5.22. The summed E-state index contributed by atoms with van der Waals surface area (Å²) in [6, 6.07) is 0.326. The number of hydrogen-bond donors (Lipinski definition) is 1. The topological polar surface area (TPSA) is 49.6 Å². The van der Waals surface area contributed by atoms with Gasteiger partial charge in [0.05, 0.1) is 6.54 Å². The third-order valence-corrected chi connectivity index (χ3v) is 4.90. The lowest BCUT2D eigenvalue weighted by Crippen LogP contribution is -2.51. The molecule has 2 saturated heterocycles. The third-order valence-electron chi connectivity index (χ3n) is 4.90. The van der Waals surface area contributed by atoms with Gasteiger partial charge in [0, 0.05) is 32.2 Å². The molecule has 2 aliphatic rings. The quantitative estimate of drug-likeness (QED) is 0.838. The van der Waals surface area contributed by atoms with E-state index < -0.39 is 0 Å². The van der Waals surface area contributed by atoms with E-state index in [1.54, 1.807) is 0 Å². The number of amides is 1. The van der Waals surface area contributed by atoms with Crippen LogP contribution in [0.1, 0.15) is 39.5 Å². The van der Waals surface area contributed by atoms with Crippen LogP contribution >= 0.6 is 0 Å². The number of rotatable bonds is 3. The van der Waals surface area contributed by atoms with E-state index >= 15 is 0 Å². The molecule has 110 valence electrons. The molecule has 2 heterocycles. The molecule has 2 rings (SSSR count). The van der Waals surface area contributed by atoms with Crippen molar-refractivity contribution in [1.29, 1.82) is 0 Å². The zero-order valence-corrected chi connectivity index (χ0v) is 12.5. The molecule has 2 unspecified atom stereocenters. The van der Waals surface area contributed by atoms with Crippen molar-refractivity contribution >= 4 is 5.91 Å². The van der Waals surface area contributed by atoms with Crippen molar-refractivity contribution in [1.82, 2.24) is 9.80 Å². The Morgan fingerprint density at radius 2 is 1.89 bits per heavy atom.